The lowest BCUT2D eigenvalue weighted by Crippen LogP contribution is -2.22. The summed E-state index contributed by atoms with van der Waals surface area (Å²) in [6, 6.07) is 20.4. The van der Waals surface area contributed by atoms with Crippen LogP contribution in [0.25, 0.3) is 22.4 Å². The largest absolute Gasteiger partial charge is 0.411 e. The average Bonchev–Trinajstić information content (AvgIpc) is 3.33. The molecule has 0 amide bonds. The number of aromatic nitrogens is 5. The van der Waals surface area contributed by atoms with E-state index in [0.717, 1.165) is 11.1 Å². The lowest BCUT2D eigenvalue weighted by molar-refractivity contribution is 0.465. The minimum atomic E-state index is -0.235. The number of benzene rings is 2. The summed E-state index contributed by atoms with van der Waals surface area (Å²) in [5.41, 5.74) is 2.04. The fourth-order valence-corrected chi connectivity index (χ4v) is 3.73. The minimum Gasteiger partial charge on any atom is -0.411 e. The number of rotatable bonds is 6. The molecule has 5 rings (SSSR count). The molecule has 0 aliphatic heterocycles. The summed E-state index contributed by atoms with van der Waals surface area (Å²) in [5, 5.41) is 13.5. The third kappa shape index (κ3) is 4.19. The highest BCUT2D eigenvalue weighted by Crippen LogP contribution is 2.25. The van der Waals surface area contributed by atoms with Crippen molar-refractivity contribution in [1.82, 2.24) is 24.8 Å². The fourth-order valence-electron chi connectivity index (χ4n) is 3.05. The molecule has 0 fully saturated rings. The number of fused-ring (bicyclic) bond motifs is 1. The molecule has 9 heteroatoms. The Morgan fingerprint density at radius 1 is 0.969 bits per heavy atom. The van der Waals surface area contributed by atoms with E-state index >= 15 is 0 Å². The molecule has 5 aromatic rings. The molecule has 3 aromatic heterocycles. The van der Waals surface area contributed by atoms with E-state index in [2.05, 4.69) is 25.3 Å². The number of hydrogen-bond acceptors (Lipinski definition) is 8. The molecule has 0 saturated carbocycles. The van der Waals surface area contributed by atoms with Crippen molar-refractivity contribution < 1.29 is 4.42 Å². The van der Waals surface area contributed by atoms with Crippen LogP contribution in [0.4, 0.5) is 0 Å². The van der Waals surface area contributed by atoms with Gasteiger partial charge in [0, 0.05) is 18.0 Å². The highest BCUT2D eigenvalue weighted by atomic mass is 32.2. The first-order valence-electron chi connectivity index (χ1n) is 9.75. The second kappa shape index (κ2) is 8.94. The zero-order valence-corrected chi connectivity index (χ0v) is 17.5. The maximum absolute atomic E-state index is 13.1. The molecular weight excluding hydrogens is 424 g/mol. The molecule has 0 unspecified atom stereocenters. The lowest BCUT2D eigenvalue weighted by atomic mass is 10.2. The van der Waals surface area contributed by atoms with Gasteiger partial charge >= 0.3 is 0 Å². The van der Waals surface area contributed by atoms with Gasteiger partial charge in [-0.25, -0.2) is 4.98 Å². The number of nitrogens with zero attached hydrogens (tertiary/aromatic N) is 6. The first kappa shape index (κ1) is 19.8. The molecule has 0 bridgehead atoms. The van der Waals surface area contributed by atoms with Crippen molar-refractivity contribution in [1.29, 1.82) is 0 Å². The van der Waals surface area contributed by atoms with Gasteiger partial charge in [-0.05, 0) is 29.8 Å². The van der Waals surface area contributed by atoms with E-state index in [1.54, 1.807) is 36.8 Å². The molecule has 0 spiro atoms. The number of thioether (sulfide) groups is 1. The van der Waals surface area contributed by atoms with Gasteiger partial charge in [0.1, 0.15) is 5.82 Å². The Hall–Kier alpha value is -4.11. The van der Waals surface area contributed by atoms with Gasteiger partial charge in [-0.15, -0.1) is 10.2 Å². The van der Waals surface area contributed by atoms with Crippen LogP contribution in [-0.2, 0) is 5.75 Å². The zero-order valence-electron chi connectivity index (χ0n) is 16.7. The molecule has 156 valence electrons. The van der Waals surface area contributed by atoms with Crippen molar-refractivity contribution in [2.24, 2.45) is 5.10 Å². The summed E-state index contributed by atoms with van der Waals surface area (Å²) in [6.07, 6.45) is 4.96. The Morgan fingerprint density at radius 3 is 2.59 bits per heavy atom. The number of hydrogen-bond donors (Lipinski definition) is 0. The van der Waals surface area contributed by atoms with Crippen molar-refractivity contribution in [2.75, 3.05) is 0 Å². The molecule has 32 heavy (non-hydrogen) atoms. The van der Waals surface area contributed by atoms with Crippen molar-refractivity contribution in [3.63, 3.8) is 0 Å². The van der Waals surface area contributed by atoms with Crippen LogP contribution in [0.5, 0.6) is 0 Å². The van der Waals surface area contributed by atoms with Gasteiger partial charge in [0.2, 0.25) is 5.89 Å². The molecule has 0 aliphatic carbocycles. The standard InChI is InChI=1S/C23H16N6O2S/c30-22-18-8-4-5-9-19(18)26-20(29(22)25-14-16-6-2-1-3-7-16)15-32-23-28-27-21(31-23)17-10-12-24-13-11-17/h1-14H,15H2/b25-14+. The second-order valence-electron chi connectivity index (χ2n) is 6.72. The molecule has 0 radical (unpaired) electrons. The van der Waals surface area contributed by atoms with Crippen LogP contribution >= 0.6 is 11.8 Å². The predicted octanol–water partition coefficient (Wildman–Crippen LogP) is 4.02. The van der Waals surface area contributed by atoms with E-state index in [1.807, 2.05) is 48.5 Å². The third-order valence-electron chi connectivity index (χ3n) is 4.60. The van der Waals surface area contributed by atoms with Crippen LogP contribution in [0.3, 0.4) is 0 Å². The highest BCUT2D eigenvalue weighted by Gasteiger charge is 2.14. The molecule has 0 atom stereocenters. The van der Waals surface area contributed by atoms with E-state index in [9.17, 15) is 4.79 Å². The fraction of sp³-hybridized carbons (Fsp3) is 0.0435. The normalized spacial score (nSPS) is 11.4. The van der Waals surface area contributed by atoms with E-state index in [0.29, 0.717) is 33.6 Å². The van der Waals surface area contributed by atoms with Gasteiger partial charge in [-0.1, -0.05) is 54.2 Å². The Labute approximate surface area is 186 Å². The van der Waals surface area contributed by atoms with E-state index in [-0.39, 0.29) is 5.56 Å². The van der Waals surface area contributed by atoms with E-state index < -0.39 is 0 Å². The minimum absolute atomic E-state index is 0.235. The average molecular weight is 440 g/mol. The predicted molar refractivity (Wildman–Crippen MR) is 123 cm³/mol. The number of pyridine rings is 1. The van der Waals surface area contributed by atoms with Crippen molar-refractivity contribution in [2.45, 2.75) is 11.0 Å². The topological polar surface area (TPSA) is 99.1 Å². The lowest BCUT2D eigenvalue weighted by Gasteiger charge is -2.08. The quantitative estimate of drug-likeness (QED) is 0.290. The van der Waals surface area contributed by atoms with Gasteiger partial charge in [-0.2, -0.15) is 9.78 Å². The van der Waals surface area contributed by atoms with Crippen LogP contribution < -0.4 is 5.56 Å². The molecule has 0 aliphatic rings. The van der Waals surface area contributed by atoms with Crippen LogP contribution in [0, 0.1) is 0 Å². The third-order valence-corrected chi connectivity index (χ3v) is 5.42. The summed E-state index contributed by atoms with van der Waals surface area (Å²) in [6.45, 7) is 0. The number of para-hydroxylation sites is 1. The van der Waals surface area contributed by atoms with Crippen LogP contribution in [0.2, 0.25) is 0 Å². The SMILES string of the molecule is O=c1c2ccccc2nc(CSc2nnc(-c3ccncc3)o2)n1/N=C/c1ccccc1. The summed E-state index contributed by atoms with van der Waals surface area (Å²) < 4.78 is 7.06. The molecule has 3 heterocycles. The monoisotopic (exact) mass is 440 g/mol. The highest BCUT2D eigenvalue weighted by molar-refractivity contribution is 7.98. The maximum Gasteiger partial charge on any atom is 0.282 e. The first-order chi connectivity index (χ1) is 15.8. The first-order valence-corrected chi connectivity index (χ1v) is 10.7. The van der Waals surface area contributed by atoms with Crippen molar-refractivity contribution in [3.05, 3.63) is 101 Å². The smallest absolute Gasteiger partial charge is 0.282 e. The Morgan fingerprint density at radius 2 is 1.75 bits per heavy atom. The molecule has 2 aromatic carbocycles. The molecule has 0 saturated heterocycles. The van der Waals surface area contributed by atoms with Crippen LogP contribution in [-0.4, -0.2) is 31.1 Å². The summed E-state index contributed by atoms with van der Waals surface area (Å²) in [5.74, 6) is 1.21. The molecular formula is C23H16N6O2S. The summed E-state index contributed by atoms with van der Waals surface area (Å²) >= 11 is 1.29. The summed E-state index contributed by atoms with van der Waals surface area (Å²) in [4.78, 5) is 21.8. The van der Waals surface area contributed by atoms with Gasteiger partial charge in [0.25, 0.3) is 10.8 Å². The zero-order chi connectivity index (χ0) is 21.8. The van der Waals surface area contributed by atoms with E-state index in [1.165, 1.54) is 16.4 Å². The van der Waals surface area contributed by atoms with Crippen LogP contribution in [0.1, 0.15) is 11.4 Å². The van der Waals surface area contributed by atoms with Gasteiger partial charge in [0.05, 0.1) is 22.9 Å². The summed E-state index contributed by atoms with van der Waals surface area (Å²) in [7, 11) is 0. The van der Waals surface area contributed by atoms with Gasteiger partial charge < -0.3 is 4.42 Å². The molecule has 0 N–H and O–H groups in total. The second-order valence-corrected chi connectivity index (χ2v) is 7.64. The maximum atomic E-state index is 13.1. The Kier molecular flexibility index (Phi) is 5.54. The Bertz CT molecular complexity index is 1450. The van der Waals surface area contributed by atoms with Gasteiger partial charge in [0.15, 0.2) is 0 Å². The van der Waals surface area contributed by atoms with Crippen molar-refractivity contribution in [3.8, 4) is 11.5 Å². The van der Waals surface area contributed by atoms with E-state index in [4.69, 9.17) is 4.42 Å². The van der Waals surface area contributed by atoms with Gasteiger partial charge in [-0.3, -0.25) is 9.78 Å². The van der Waals surface area contributed by atoms with Crippen LogP contribution in [0.15, 0.2) is 98.7 Å². The molecule has 8 nitrogen and oxygen atoms in total. The van der Waals surface area contributed by atoms with Crippen molar-refractivity contribution >= 4 is 28.9 Å². The Balaban J connectivity index is 1.47.